The van der Waals surface area contributed by atoms with E-state index in [0.717, 1.165) is 18.1 Å². The highest BCUT2D eigenvalue weighted by Crippen LogP contribution is 2.56. The monoisotopic (exact) mass is 649 g/mol. The first-order chi connectivity index (χ1) is 21.4. The largest absolute Gasteiger partial charge is 0.473 e. The highest BCUT2D eigenvalue weighted by atomic mass is 32.2. The quantitative estimate of drug-likeness (QED) is 0.224. The zero-order chi connectivity index (χ0) is 32.1. The number of aromatic nitrogens is 1. The molecule has 2 saturated heterocycles. The maximum absolute atomic E-state index is 15.3. The van der Waals surface area contributed by atoms with E-state index in [1.165, 1.54) is 24.1 Å². The minimum absolute atomic E-state index is 0.0181. The first-order valence-corrected chi connectivity index (χ1v) is 16.1. The zero-order valence-electron chi connectivity index (χ0n) is 24.7. The van der Waals surface area contributed by atoms with Crippen molar-refractivity contribution in [3.05, 3.63) is 76.5 Å². The molecule has 1 aromatic heterocycles. The predicted octanol–water partition coefficient (Wildman–Crippen LogP) is 5.88. The molecule has 45 heavy (non-hydrogen) atoms. The summed E-state index contributed by atoms with van der Waals surface area (Å²) >= 11 is 0. The number of ether oxygens (including phenoxy) is 2. The Bertz CT molecular complexity index is 1640. The van der Waals surface area contributed by atoms with Crippen LogP contribution in [-0.2, 0) is 39.7 Å². The molecule has 0 N–H and O–H groups in total. The summed E-state index contributed by atoms with van der Waals surface area (Å²) in [5, 5.41) is 0. The molecule has 0 radical (unpaired) electrons. The van der Waals surface area contributed by atoms with Gasteiger partial charge in [-0.05, 0) is 78.6 Å². The SMILES string of the molecule is CCOC=O.CS(=O)N1CC2(CN(c3ccc(-c4cc(COc5cc6c(cn5)C5CC5C6)c(F)cc4C(F)(F)F)c(F)c3)C2)C1. The number of benzene rings is 2. The summed E-state index contributed by atoms with van der Waals surface area (Å²) in [5.74, 6) is -0.410. The molecular formula is C32H32F5N3O4S. The van der Waals surface area contributed by atoms with Crippen LogP contribution in [0.2, 0.25) is 0 Å². The van der Waals surface area contributed by atoms with Crippen molar-refractivity contribution in [2.45, 2.75) is 38.5 Å². The van der Waals surface area contributed by atoms with E-state index in [4.69, 9.17) is 4.74 Å². The van der Waals surface area contributed by atoms with Crippen LogP contribution in [-0.4, -0.2) is 59.0 Å². The normalized spacial score (nSPS) is 21.4. The molecule has 3 fully saturated rings. The molecule has 7 nitrogen and oxygen atoms in total. The van der Waals surface area contributed by atoms with E-state index >= 15 is 4.39 Å². The van der Waals surface area contributed by atoms with Crippen LogP contribution in [0, 0.1) is 23.0 Å². The number of fused-ring (bicyclic) bond motifs is 3. The summed E-state index contributed by atoms with van der Waals surface area (Å²) in [6, 6.07) is 7.35. The molecule has 240 valence electrons. The lowest BCUT2D eigenvalue weighted by atomic mass is 9.74. The Balaban J connectivity index is 0.000000664. The van der Waals surface area contributed by atoms with Crippen LogP contribution in [0.1, 0.15) is 41.5 Å². The summed E-state index contributed by atoms with van der Waals surface area (Å²) in [6.45, 7) is 5.03. The van der Waals surface area contributed by atoms with Crippen LogP contribution in [0.3, 0.4) is 0 Å². The molecule has 2 aliphatic carbocycles. The molecule has 3 aromatic rings. The van der Waals surface area contributed by atoms with Crippen molar-refractivity contribution in [2.75, 3.05) is 43.9 Å². The minimum Gasteiger partial charge on any atom is -0.473 e. The smallest absolute Gasteiger partial charge is 0.417 e. The fraction of sp³-hybridized carbons (Fsp3) is 0.438. The molecular weight excluding hydrogens is 617 g/mol. The van der Waals surface area contributed by atoms with Gasteiger partial charge in [0.15, 0.2) is 0 Å². The van der Waals surface area contributed by atoms with Gasteiger partial charge in [-0.3, -0.25) is 4.79 Å². The number of hydrogen-bond acceptors (Lipinski definition) is 6. The van der Waals surface area contributed by atoms with Gasteiger partial charge in [0.05, 0.1) is 23.2 Å². The van der Waals surface area contributed by atoms with Crippen LogP contribution in [0.25, 0.3) is 11.1 Å². The third kappa shape index (κ3) is 6.29. The maximum Gasteiger partial charge on any atom is 0.417 e. The number of anilines is 1. The molecule has 3 heterocycles. The first-order valence-electron chi connectivity index (χ1n) is 14.6. The van der Waals surface area contributed by atoms with E-state index in [1.54, 1.807) is 25.4 Å². The van der Waals surface area contributed by atoms with Crippen molar-refractivity contribution >= 4 is 23.1 Å². The standard InChI is InChI=1S/C29H26F5N3O2S.C3H6O2/c1-40(38)37-14-28(15-37)12-36(13-28)19-2-3-20(26(31)8-19)22-6-18(25(30)9-24(22)29(32,33)34)11-39-27-7-17-4-16-5-21(16)23(17)10-35-27;1-2-5-3-4/h2-3,6-10,16,21H,4-5,11-15H2,1H3;3H,2H2,1H3. The summed E-state index contributed by atoms with van der Waals surface area (Å²) in [7, 11) is -1.02. The molecule has 13 heteroatoms. The third-order valence-electron chi connectivity index (χ3n) is 8.95. The van der Waals surface area contributed by atoms with Gasteiger partial charge < -0.3 is 14.4 Å². The Morgan fingerprint density at radius 1 is 1.07 bits per heavy atom. The van der Waals surface area contributed by atoms with Crippen molar-refractivity contribution in [3.8, 4) is 17.0 Å². The number of alkyl halides is 3. The molecule has 1 saturated carbocycles. The highest BCUT2D eigenvalue weighted by Gasteiger charge is 2.53. The van der Waals surface area contributed by atoms with Gasteiger partial charge in [-0.25, -0.2) is 22.3 Å². The lowest BCUT2D eigenvalue weighted by molar-refractivity contribution is -0.137. The Morgan fingerprint density at radius 2 is 1.82 bits per heavy atom. The van der Waals surface area contributed by atoms with E-state index in [-0.39, 0.29) is 29.0 Å². The number of nitrogens with zero attached hydrogens (tertiary/aromatic N) is 3. The van der Waals surface area contributed by atoms with Gasteiger partial charge in [0.25, 0.3) is 6.47 Å². The molecule has 7 rings (SSSR count). The van der Waals surface area contributed by atoms with Crippen molar-refractivity contribution in [2.24, 2.45) is 11.3 Å². The number of rotatable bonds is 8. The zero-order valence-corrected chi connectivity index (χ0v) is 25.5. The maximum atomic E-state index is 15.3. The van der Waals surface area contributed by atoms with Crippen molar-refractivity contribution < 1.29 is 40.4 Å². The highest BCUT2D eigenvalue weighted by molar-refractivity contribution is 7.81. The Morgan fingerprint density at radius 3 is 2.44 bits per heavy atom. The van der Waals surface area contributed by atoms with Gasteiger partial charge in [0, 0.05) is 66.9 Å². The van der Waals surface area contributed by atoms with Crippen LogP contribution in [0.5, 0.6) is 5.88 Å². The predicted molar refractivity (Wildman–Crippen MR) is 158 cm³/mol. The summed E-state index contributed by atoms with van der Waals surface area (Å²) in [5.41, 5.74) is 0.846. The Labute approximate surface area is 259 Å². The second kappa shape index (κ2) is 12.0. The number of carbonyl (C=O) groups excluding carboxylic acids is 1. The van der Waals surface area contributed by atoms with Crippen LogP contribution in [0.15, 0.2) is 42.6 Å². The number of pyridine rings is 1. The molecule has 3 atom stereocenters. The average Bonchev–Trinajstić information content (AvgIpc) is 3.61. The topological polar surface area (TPSA) is 72.0 Å². The Hall–Kier alpha value is -3.58. The molecule has 0 bridgehead atoms. The fourth-order valence-corrected chi connectivity index (χ4v) is 7.48. The van der Waals surface area contributed by atoms with Crippen molar-refractivity contribution in [3.63, 3.8) is 0 Å². The molecule has 0 amide bonds. The van der Waals surface area contributed by atoms with Crippen LogP contribution < -0.4 is 9.64 Å². The number of hydrogen-bond donors (Lipinski definition) is 0. The third-order valence-corrected chi connectivity index (χ3v) is 9.94. The van der Waals surface area contributed by atoms with Gasteiger partial charge in [-0.2, -0.15) is 13.2 Å². The summed E-state index contributed by atoms with van der Waals surface area (Å²) in [6.07, 6.45) is 0.627. The average molecular weight is 650 g/mol. The molecule has 2 aliphatic heterocycles. The van der Waals surface area contributed by atoms with E-state index in [0.29, 0.717) is 62.8 Å². The van der Waals surface area contributed by atoms with Gasteiger partial charge in [0.2, 0.25) is 5.88 Å². The Kier molecular flexibility index (Phi) is 8.36. The first kappa shape index (κ1) is 31.4. The van der Waals surface area contributed by atoms with E-state index < -0.39 is 39.9 Å². The van der Waals surface area contributed by atoms with E-state index in [9.17, 15) is 26.6 Å². The van der Waals surface area contributed by atoms with Gasteiger partial charge in [-0.15, -0.1) is 0 Å². The summed E-state index contributed by atoms with van der Waals surface area (Å²) < 4.78 is 95.2. The van der Waals surface area contributed by atoms with Crippen LogP contribution >= 0.6 is 0 Å². The number of carbonyl (C=O) groups is 1. The van der Waals surface area contributed by atoms with Gasteiger partial charge >= 0.3 is 6.18 Å². The molecule has 2 aromatic carbocycles. The van der Waals surface area contributed by atoms with E-state index in [1.807, 2.05) is 15.3 Å². The fourth-order valence-electron chi connectivity index (χ4n) is 6.57. The lowest BCUT2D eigenvalue weighted by Gasteiger charge is -2.60. The van der Waals surface area contributed by atoms with Gasteiger partial charge in [0.1, 0.15) is 18.2 Å². The minimum atomic E-state index is -4.89. The van der Waals surface area contributed by atoms with Crippen molar-refractivity contribution in [1.29, 1.82) is 0 Å². The molecule has 1 spiro atoms. The summed E-state index contributed by atoms with van der Waals surface area (Å²) in [4.78, 5) is 15.4. The molecule has 3 unspecified atom stereocenters. The second-order valence-corrected chi connectivity index (χ2v) is 13.5. The second-order valence-electron chi connectivity index (χ2n) is 12.1. The van der Waals surface area contributed by atoms with Gasteiger partial charge in [-0.1, -0.05) is 0 Å². The molecule has 4 aliphatic rings. The lowest BCUT2D eigenvalue weighted by Crippen LogP contribution is -2.72. The van der Waals surface area contributed by atoms with Crippen LogP contribution in [0.4, 0.5) is 27.6 Å². The van der Waals surface area contributed by atoms with E-state index in [2.05, 4.69) is 9.72 Å². The number of halogens is 5. The van der Waals surface area contributed by atoms with Crippen molar-refractivity contribution in [1.82, 2.24) is 9.29 Å².